The molecule has 2 aromatic rings. The second-order valence-corrected chi connectivity index (χ2v) is 10.5. The highest BCUT2D eigenvalue weighted by Gasteiger charge is 2.32. The number of amides is 3. The standard InChI is InChI=1S/C28H36N6O3/c29-22-7-9-23(10-8-22)31-26(35)20-6-11-25(24(17-20)32-27(36)21-5-2-12-30-18-21)33-13-15-34(16-14-33)28(37)19-3-1-4-19/h2,5-6,11-12,17-19,22-23H,1,3-4,7-10,13-16,29H2,(H,31,35)(H,32,36). The van der Waals surface area contributed by atoms with Crippen molar-refractivity contribution in [2.45, 2.75) is 57.0 Å². The monoisotopic (exact) mass is 504 g/mol. The minimum Gasteiger partial charge on any atom is -0.366 e. The van der Waals surface area contributed by atoms with Crippen LogP contribution >= 0.6 is 0 Å². The van der Waals surface area contributed by atoms with Crippen molar-refractivity contribution >= 4 is 29.1 Å². The normalized spacial score (nSPS) is 22.2. The predicted molar refractivity (Wildman–Crippen MR) is 142 cm³/mol. The van der Waals surface area contributed by atoms with Crippen LogP contribution in [0.15, 0.2) is 42.7 Å². The molecule has 2 heterocycles. The highest BCUT2D eigenvalue weighted by atomic mass is 16.2. The van der Waals surface area contributed by atoms with E-state index in [0.717, 1.165) is 50.6 Å². The minimum atomic E-state index is -0.285. The molecule has 3 aliphatic rings. The van der Waals surface area contributed by atoms with Crippen molar-refractivity contribution in [3.05, 3.63) is 53.9 Å². The summed E-state index contributed by atoms with van der Waals surface area (Å²) in [7, 11) is 0. The number of carbonyl (C=O) groups excluding carboxylic acids is 3. The van der Waals surface area contributed by atoms with E-state index in [1.54, 1.807) is 24.4 Å². The van der Waals surface area contributed by atoms with Gasteiger partial charge in [-0.05, 0) is 68.9 Å². The molecule has 1 saturated heterocycles. The Bertz CT molecular complexity index is 1120. The number of nitrogens with two attached hydrogens (primary N) is 1. The molecule has 0 radical (unpaired) electrons. The predicted octanol–water partition coefficient (Wildman–Crippen LogP) is 2.78. The SMILES string of the molecule is NC1CCC(NC(=O)c2ccc(N3CCN(C(=O)C4CCC4)CC3)c(NC(=O)c3cccnc3)c2)CC1. The van der Waals surface area contributed by atoms with E-state index >= 15 is 0 Å². The Labute approximate surface area is 217 Å². The van der Waals surface area contributed by atoms with E-state index in [1.807, 2.05) is 17.0 Å². The third-order valence-corrected chi connectivity index (χ3v) is 7.92. The summed E-state index contributed by atoms with van der Waals surface area (Å²) >= 11 is 0. The second-order valence-electron chi connectivity index (χ2n) is 10.5. The van der Waals surface area contributed by atoms with Gasteiger partial charge in [0.05, 0.1) is 16.9 Å². The fraction of sp³-hybridized carbons (Fsp3) is 0.500. The third kappa shape index (κ3) is 5.93. The Kier molecular flexibility index (Phi) is 7.69. The van der Waals surface area contributed by atoms with Gasteiger partial charge >= 0.3 is 0 Å². The van der Waals surface area contributed by atoms with E-state index < -0.39 is 0 Å². The Morgan fingerprint density at radius 3 is 2.30 bits per heavy atom. The smallest absolute Gasteiger partial charge is 0.257 e. The van der Waals surface area contributed by atoms with Gasteiger partial charge < -0.3 is 26.2 Å². The fourth-order valence-corrected chi connectivity index (χ4v) is 5.36. The van der Waals surface area contributed by atoms with Crippen molar-refractivity contribution in [3.8, 4) is 0 Å². The first-order valence-electron chi connectivity index (χ1n) is 13.4. The largest absolute Gasteiger partial charge is 0.366 e. The van der Waals surface area contributed by atoms with Crippen LogP contribution in [0.5, 0.6) is 0 Å². The summed E-state index contributed by atoms with van der Waals surface area (Å²) in [5.41, 5.74) is 8.36. The van der Waals surface area contributed by atoms with E-state index in [0.29, 0.717) is 43.0 Å². The Hall–Kier alpha value is -3.46. The highest BCUT2D eigenvalue weighted by Crippen LogP contribution is 2.31. The lowest BCUT2D eigenvalue weighted by Gasteiger charge is -2.39. The maximum absolute atomic E-state index is 13.1. The molecule has 2 aliphatic carbocycles. The molecule has 0 unspecified atom stereocenters. The quantitative estimate of drug-likeness (QED) is 0.556. The number of pyridine rings is 1. The summed E-state index contributed by atoms with van der Waals surface area (Å²) in [6, 6.07) is 9.21. The van der Waals surface area contributed by atoms with Crippen molar-refractivity contribution in [2.24, 2.45) is 11.7 Å². The molecule has 0 bridgehead atoms. The fourth-order valence-electron chi connectivity index (χ4n) is 5.36. The van der Waals surface area contributed by atoms with Gasteiger partial charge in [0.1, 0.15) is 0 Å². The van der Waals surface area contributed by atoms with E-state index in [2.05, 4.69) is 20.5 Å². The molecule has 4 N–H and O–H groups in total. The van der Waals surface area contributed by atoms with Crippen molar-refractivity contribution in [2.75, 3.05) is 36.4 Å². The molecular weight excluding hydrogens is 468 g/mol. The minimum absolute atomic E-state index is 0.113. The zero-order valence-corrected chi connectivity index (χ0v) is 21.2. The number of aromatic nitrogens is 1. The molecule has 5 rings (SSSR count). The summed E-state index contributed by atoms with van der Waals surface area (Å²) in [5.74, 6) is 0.0251. The third-order valence-electron chi connectivity index (χ3n) is 7.92. The Morgan fingerprint density at radius 1 is 0.892 bits per heavy atom. The number of rotatable bonds is 6. The van der Waals surface area contributed by atoms with Crippen molar-refractivity contribution in [1.82, 2.24) is 15.2 Å². The molecule has 1 aromatic carbocycles. The molecule has 196 valence electrons. The maximum Gasteiger partial charge on any atom is 0.257 e. The van der Waals surface area contributed by atoms with Gasteiger partial charge in [-0.1, -0.05) is 6.42 Å². The average Bonchev–Trinajstić information content (AvgIpc) is 2.89. The number of hydrogen-bond donors (Lipinski definition) is 3. The first kappa shape index (κ1) is 25.2. The molecule has 9 nitrogen and oxygen atoms in total. The maximum atomic E-state index is 13.1. The van der Waals surface area contributed by atoms with Crippen LogP contribution in [-0.4, -0.2) is 65.9 Å². The number of benzene rings is 1. The van der Waals surface area contributed by atoms with Crippen LogP contribution in [-0.2, 0) is 4.79 Å². The second kappa shape index (κ2) is 11.3. The zero-order valence-electron chi connectivity index (χ0n) is 21.2. The summed E-state index contributed by atoms with van der Waals surface area (Å²) in [6.45, 7) is 2.64. The molecular formula is C28H36N6O3. The Balaban J connectivity index is 1.32. The van der Waals surface area contributed by atoms with E-state index in [9.17, 15) is 14.4 Å². The number of nitrogens with zero attached hydrogens (tertiary/aromatic N) is 3. The molecule has 3 amide bonds. The van der Waals surface area contributed by atoms with Crippen LogP contribution in [0.2, 0.25) is 0 Å². The topological polar surface area (TPSA) is 121 Å². The van der Waals surface area contributed by atoms with Gasteiger partial charge in [-0.15, -0.1) is 0 Å². The van der Waals surface area contributed by atoms with E-state index in [1.165, 1.54) is 6.20 Å². The van der Waals surface area contributed by atoms with Crippen LogP contribution in [0.4, 0.5) is 11.4 Å². The molecule has 9 heteroatoms. The van der Waals surface area contributed by atoms with Crippen LogP contribution in [0.25, 0.3) is 0 Å². The summed E-state index contributed by atoms with van der Waals surface area (Å²) in [4.78, 5) is 47.0. The molecule has 0 spiro atoms. The Morgan fingerprint density at radius 2 is 1.65 bits per heavy atom. The van der Waals surface area contributed by atoms with Gasteiger partial charge in [0, 0.05) is 62.1 Å². The number of anilines is 2. The van der Waals surface area contributed by atoms with Gasteiger partial charge in [-0.3, -0.25) is 19.4 Å². The molecule has 1 aliphatic heterocycles. The highest BCUT2D eigenvalue weighted by molar-refractivity contribution is 6.07. The van der Waals surface area contributed by atoms with Crippen LogP contribution in [0.3, 0.4) is 0 Å². The van der Waals surface area contributed by atoms with Crippen LogP contribution in [0, 0.1) is 5.92 Å². The summed E-state index contributed by atoms with van der Waals surface area (Å²) in [6.07, 6.45) is 9.85. The molecule has 1 aromatic heterocycles. The first-order chi connectivity index (χ1) is 18.0. The molecule has 3 fully saturated rings. The van der Waals surface area contributed by atoms with Crippen LogP contribution < -0.4 is 21.3 Å². The van der Waals surface area contributed by atoms with Crippen molar-refractivity contribution in [3.63, 3.8) is 0 Å². The zero-order chi connectivity index (χ0) is 25.8. The lowest BCUT2D eigenvalue weighted by atomic mass is 9.84. The van der Waals surface area contributed by atoms with Gasteiger partial charge in [0.2, 0.25) is 5.91 Å². The summed E-state index contributed by atoms with van der Waals surface area (Å²) < 4.78 is 0. The lowest BCUT2D eigenvalue weighted by molar-refractivity contribution is -0.138. The number of hydrogen-bond acceptors (Lipinski definition) is 6. The van der Waals surface area contributed by atoms with Gasteiger partial charge in [-0.25, -0.2) is 0 Å². The van der Waals surface area contributed by atoms with Crippen molar-refractivity contribution in [1.29, 1.82) is 0 Å². The molecule has 2 saturated carbocycles. The number of piperazine rings is 1. The lowest BCUT2D eigenvalue weighted by Crippen LogP contribution is -2.51. The first-order valence-corrected chi connectivity index (χ1v) is 13.4. The average molecular weight is 505 g/mol. The summed E-state index contributed by atoms with van der Waals surface area (Å²) in [5, 5.41) is 6.13. The molecule has 37 heavy (non-hydrogen) atoms. The van der Waals surface area contributed by atoms with Gasteiger partial charge in [-0.2, -0.15) is 0 Å². The van der Waals surface area contributed by atoms with Gasteiger partial charge in [0.15, 0.2) is 0 Å². The van der Waals surface area contributed by atoms with E-state index in [4.69, 9.17) is 5.73 Å². The van der Waals surface area contributed by atoms with Crippen LogP contribution in [0.1, 0.15) is 65.7 Å². The molecule has 0 atom stereocenters. The van der Waals surface area contributed by atoms with Gasteiger partial charge in [0.25, 0.3) is 11.8 Å². The number of carbonyl (C=O) groups is 3. The van der Waals surface area contributed by atoms with Crippen molar-refractivity contribution < 1.29 is 14.4 Å². The number of nitrogens with one attached hydrogen (secondary N) is 2. The van der Waals surface area contributed by atoms with E-state index in [-0.39, 0.29) is 35.7 Å².